The Balaban J connectivity index is 1.85. The van der Waals surface area contributed by atoms with Gasteiger partial charge < -0.3 is 10.0 Å². The quantitative estimate of drug-likeness (QED) is 0.419. The summed E-state index contributed by atoms with van der Waals surface area (Å²) in [5, 5.41) is 11.0. The van der Waals surface area contributed by atoms with Gasteiger partial charge in [0.15, 0.2) is 0 Å². The summed E-state index contributed by atoms with van der Waals surface area (Å²) in [5.74, 6) is -1.47. The summed E-state index contributed by atoms with van der Waals surface area (Å²) >= 11 is 0. The molecule has 2 aromatic carbocycles. The van der Waals surface area contributed by atoms with Crippen molar-refractivity contribution in [1.82, 2.24) is 9.88 Å². The summed E-state index contributed by atoms with van der Waals surface area (Å²) in [6.07, 6.45) is 3.32. The number of carbonyl (C=O) groups excluding carboxylic acids is 2. The number of likely N-dealkylation sites (tertiary alicyclic amines) is 1. The third-order valence-electron chi connectivity index (χ3n) is 5.06. The molecule has 1 aliphatic rings. The molecule has 29 heavy (non-hydrogen) atoms. The molecular weight excluding hydrogens is 364 g/mol. The highest BCUT2D eigenvalue weighted by Gasteiger charge is 2.45. The number of hydrogen-bond donors (Lipinski definition) is 1. The van der Waals surface area contributed by atoms with E-state index < -0.39 is 17.7 Å². The average molecular weight is 384 g/mol. The van der Waals surface area contributed by atoms with Crippen molar-refractivity contribution in [2.75, 3.05) is 0 Å². The van der Waals surface area contributed by atoms with Crippen LogP contribution in [0.3, 0.4) is 0 Å². The second kappa shape index (κ2) is 7.72. The SMILES string of the molecule is Cc1ccc(C(O)=C2C(=O)C(=O)N(Cc3cccnc3)[C@H]2c2ccccc2)cc1. The topological polar surface area (TPSA) is 70.5 Å². The lowest BCUT2D eigenvalue weighted by Gasteiger charge is -2.25. The fourth-order valence-corrected chi connectivity index (χ4v) is 3.58. The number of nitrogens with zero attached hydrogens (tertiary/aromatic N) is 2. The standard InChI is InChI=1S/C24H20N2O3/c1-16-9-11-19(12-10-16)22(27)20-21(18-7-3-2-4-8-18)26(24(29)23(20)28)15-17-6-5-13-25-14-17/h2-14,21,27H,15H2,1H3/t21-/m0/s1. The second-order valence-electron chi connectivity index (χ2n) is 7.06. The molecule has 0 bridgehead atoms. The van der Waals surface area contributed by atoms with Crippen molar-refractivity contribution in [3.8, 4) is 0 Å². The molecule has 1 atom stereocenters. The number of hydrogen-bond acceptors (Lipinski definition) is 4. The van der Waals surface area contributed by atoms with E-state index in [0.717, 1.165) is 16.7 Å². The number of aliphatic hydroxyl groups excluding tert-OH is 1. The van der Waals surface area contributed by atoms with Crippen LogP contribution in [-0.2, 0) is 16.1 Å². The van der Waals surface area contributed by atoms with Crippen LogP contribution in [0.25, 0.3) is 5.76 Å². The summed E-state index contributed by atoms with van der Waals surface area (Å²) in [4.78, 5) is 31.4. The Hall–Kier alpha value is -3.73. The minimum Gasteiger partial charge on any atom is -0.507 e. The Morgan fingerprint density at radius 3 is 2.38 bits per heavy atom. The van der Waals surface area contributed by atoms with Crippen LogP contribution in [0.15, 0.2) is 84.7 Å². The molecule has 1 amide bonds. The Morgan fingerprint density at radius 1 is 1.00 bits per heavy atom. The molecule has 1 aromatic heterocycles. The van der Waals surface area contributed by atoms with Crippen LogP contribution in [-0.4, -0.2) is 26.7 Å². The van der Waals surface area contributed by atoms with E-state index in [2.05, 4.69) is 4.98 Å². The normalized spacial score (nSPS) is 18.2. The Morgan fingerprint density at radius 2 is 1.72 bits per heavy atom. The highest BCUT2D eigenvalue weighted by molar-refractivity contribution is 6.46. The van der Waals surface area contributed by atoms with E-state index in [4.69, 9.17) is 0 Å². The molecule has 0 radical (unpaired) electrons. The van der Waals surface area contributed by atoms with Crippen molar-refractivity contribution in [2.24, 2.45) is 0 Å². The summed E-state index contributed by atoms with van der Waals surface area (Å²) in [6.45, 7) is 2.17. The fraction of sp³-hybridized carbons (Fsp3) is 0.125. The van der Waals surface area contributed by atoms with Crippen molar-refractivity contribution in [1.29, 1.82) is 0 Å². The Bertz CT molecular complexity index is 1070. The predicted octanol–water partition coefficient (Wildman–Crippen LogP) is 4.01. The minimum atomic E-state index is -0.680. The zero-order valence-electron chi connectivity index (χ0n) is 15.9. The average Bonchev–Trinajstić information content (AvgIpc) is 3.00. The number of aryl methyl sites for hydroxylation is 1. The van der Waals surface area contributed by atoms with Gasteiger partial charge in [-0.3, -0.25) is 14.6 Å². The van der Waals surface area contributed by atoms with E-state index in [9.17, 15) is 14.7 Å². The number of amides is 1. The molecule has 5 nitrogen and oxygen atoms in total. The number of aliphatic hydroxyl groups is 1. The maximum atomic E-state index is 12.9. The van der Waals surface area contributed by atoms with Gasteiger partial charge in [0.2, 0.25) is 0 Å². The number of Topliss-reactive ketones (excluding diaryl/α,β-unsaturated/α-hetero) is 1. The van der Waals surface area contributed by atoms with E-state index in [-0.39, 0.29) is 17.9 Å². The van der Waals surface area contributed by atoms with E-state index in [1.165, 1.54) is 4.90 Å². The molecule has 1 fully saturated rings. The zero-order valence-corrected chi connectivity index (χ0v) is 15.9. The summed E-state index contributed by atoms with van der Waals surface area (Å²) in [7, 11) is 0. The van der Waals surface area contributed by atoms with Gasteiger partial charge in [-0.25, -0.2) is 0 Å². The van der Waals surface area contributed by atoms with Gasteiger partial charge in [0.25, 0.3) is 11.7 Å². The Kier molecular flexibility index (Phi) is 4.96. The Labute approximate surface area is 169 Å². The lowest BCUT2D eigenvalue weighted by molar-refractivity contribution is -0.140. The number of rotatable bonds is 4. The number of pyridine rings is 1. The van der Waals surface area contributed by atoms with Gasteiger partial charge in [-0.05, 0) is 24.1 Å². The van der Waals surface area contributed by atoms with Crippen LogP contribution in [0.1, 0.15) is 28.3 Å². The van der Waals surface area contributed by atoms with Crippen molar-refractivity contribution >= 4 is 17.4 Å². The first kappa shape index (κ1) is 18.6. The summed E-state index contributed by atoms with van der Waals surface area (Å²) in [6, 6.07) is 19.5. The van der Waals surface area contributed by atoms with Crippen molar-refractivity contribution < 1.29 is 14.7 Å². The van der Waals surface area contributed by atoms with Crippen LogP contribution in [0.5, 0.6) is 0 Å². The largest absolute Gasteiger partial charge is 0.507 e. The van der Waals surface area contributed by atoms with Gasteiger partial charge in [-0.2, -0.15) is 0 Å². The van der Waals surface area contributed by atoms with Crippen LogP contribution < -0.4 is 0 Å². The van der Waals surface area contributed by atoms with Gasteiger partial charge in [0.1, 0.15) is 5.76 Å². The number of carbonyl (C=O) groups is 2. The predicted molar refractivity (Wildman–Crippen MR) is 110 cm³/mol. The molecule has 0 saturated carbocycles. The van der Waals surface area contributed by atoms with Crippen LogP contribution in [0.2, 0.25) is 0 Å². The van der Waals surface area contributed by atoms with Gasteiger partial charge in [-0.15, -0.1) is 0 Å². The molecule has 1 aliphatic heterocycles. The van der Waals surface area contributed by atoms with Crippen LogP contribution in [0, 0.1) is 6.92 Å². The van der Waals surface area contributed by atoms with Gasteiger partial charge in [0, 0.05) is 24.5 Å². The summed E-state index contributed by atoms with van der Waals surface area (Å²) < 4.78 is 0. The molecule has 0 aliphatic carbocycles. The smallest absolute Gasteiger partial charge is 0.295 e. The third kappa shape index (κ3) is 3.55. The molecular formula is C24H20N2O3. The molecule has 3 aromatic rings. The van der Waals surface area contributed by atoms with Gasteiger partial charge >= 0.3 is 0 Å². The highest BCUT2D eigenvalue weighted by Crippen LogP contribution is 2.40. The van der Waals surface area contributed by atoms with E-state index >= 15 is 0 Å². The molecule has 5 heteroatoms. The zero-order chi connectivity index (χ0) is 20.4. The van der Waals surface area contributed by atoms with Gasteiger partial charge in [-0.1, -0.05) is 66.2 Å². The highest BCUT2D eigenvalue weighted by atomic mass is 16.3. The number of aromatic nitrogens is 1. The summed E-state index contributed by atoms with van der Waals surface area (Å²) in [5.41, 5.74) is 3.23. The van der Waals surface area contributed by atoms with E-state index in [1.54, 1.807) is 30.6 Å². The van der Waals surface area contributed by atoms with Gasteiger partial charge in [0.05, 0.1) is 11.6 Å². The lowest BCUT2D eigenvalue weighted by atomic mass is 9.95. The first-order valence-electron chi connectivity index (χ1n) is 9.35. The molecule has 0 unspecified atom stereocenters. The minimum absolute atomic E-state index is 0.106. The van der Waals surface area contributed by atoms with Crippen LogP contribution in [0.4, 0.5) is 0 Å². The molecule has 1 N–H and O–H groups in total. The monoisotopic (exact) mass is 384 g/mol. The number of benzene rings is 2. The molecule has 0 spiro atoms. The fourth-order valence-electron chi connectivity index (χ4n) is 3.58. The molecule has 4 rings (SSSR count). The molecule has 2 heterocycles. The van der Waals surface area contributed by atoms with Crippen molar-refractivity contribution in [2.45, 2.75) is 19.5 Å². The maximum absolute atomic E-state index is 12.9. The molecule has 144 valence electrons. The van der Waals surface area contributed by atoms with E-state index in [0.29, 0.717) is 5.56 Å². The molecule has 1 saturated heterocycles. The third-order valence-corrected chi connectivity index (χ3v) is 5.06. The van der Waals surface area contributed by atoms with E-state index in [1.807, 2.05) is 55.5 Å². The number of ketones is 1. The first-order valence-corrected chi connectivity index (χ1v) is 9.35. The van der Waals surface area contributed by atoms with Crippen molar-refractivity contribution in [3.63, 3.8) is 0 Å². The van der Waals surface area contributed by atoms with Crippen LogP contribution >= 0.6 is 0 Å². The second-order valence-corrected chi connectivity index (χ2v) is 7.06. The van der Waals surface area contributed by atoms with Crippen molar-refractivity contribution in [3.05, 3.63) is 107 Å². The maximum Gasteiger partial charge on any atom is 0.295 e. The first-order chi connectivity index (χ1) is 14.1. The lowest BCUT2D eigenvalue weighted by Crippen LogP contribution is -2.29.